The zero-order chi connectivity index (χ0) is 14.4. The topological polar surface area (TPSA) is 47.6 Å². The lowest BCUT2D eigenvalue weighted by Gasteiger charge is -2.17. The highest BCUT2D eigenvalue weighted by atomic mass is 16.5. The quantitative estimate of drug-likeness (QED) is 0.826. The van der Waals surface area contributed by atoms with E-state index in [0.29, 0.717) is 25.4 Å². The van der Waals surface area contributed by atoms with Gasteiger partial charge < -0.3 is 14.8 Å². The standard InChI is InChI=1S/C16H23NO3/c1-3-17-15-11-20-10-14(15)16(18)9-6-12-4-7-13(19-2)8-5-12/h4-5,7-8,14-15,17H,3,6,9-11H2,1-2H3. The van der Waals surface area contributed by atoms with Crippen LogP contribution in [0.2, 0.25) is 0 Å². The average Bonchev–Trinajstić information content (AvgIpc) is 2.94. The summed E-state index contributed by atoms with van der Waals surface area (Å²) in [6, 6.07) is 8.07. The van der Waals surface area contributed by atoms with E-state index in [0.717, 1.165) is 24.3 Å². The van der Waals surface area contributed by atoms with Crippen LogP contribution < -0.4 is 10.1 Å². The van der Waals surface area contributed by atoms with Crippen molar-refractivity contribution in [2.75, 3.05) is 26.9 Å². The Balaban J connectivity index is 1.84. The van der Waals surface area contributed by atoms with Crippen molar-refractivity contribution in [3.8, 4) is 5.75 Å². The first kappa shape index (κ1) is 15.0. The third-order valence-electron chi connectivity index (χ3n) is 3.78. The molecule has 4 heteroatoms. The number of benzene rings is 1. The summed E-state index contributed by atoms with van der Waals surface area (Å²) in [6.45, 7) is 4.12. The number of carbonyl (C=O) groups is 1. The third kappa shape index (κ3) is 3.81. The van der Waals surface area contributed by atoms with Crippen molar-refractivity contribution in [2.45, 2.75) is 25.8 Å². The van der Waals surface area contributed by atoms with Crippen molar-refractivity contribution >= 4 is 5.78 Å². The molecule has 0 amide bonds. The highest BCUT2D eigenvalue weighted by Gasteiger charge is 2.32. The second-order valence-electron chi connectivity index (χ2n) is 5.12. The van der Waals surface area contributed by atoms with E-state index in [4.69, 9.17) is 9.47 Å². The van der Waals surface area contributed by atoms with Crippen LogP contribution in [0.3, 0.4) is 0 Å². The molecule has 0 bridgehead atoms. The highest BCUT2D eigenvalue weighted by Crippen LogP contribution is 2.18. The van der Waals surface area contributed by atoms with Gasteiger partial charge in [0.1, 0.15) is 11.5 Å². The molecule has 0 spiro atoms. The molecule has 0 saturated carbocycles. The number of carbonyl (C=O) groups excluding carboxylic acids is 1. The molecule has 1 aromatic rings. The zero-order valence-electron chi connectivity index (χ0n) is 12.2. The van der Waals surface area contributed by atoms with Crippen LogP contribution in [0.1, 0.15) is 18.9 Å². The smallest absolute Gasteiger partial charge is 0.140 e. The van der Waals surface area contributed by atoms with E-state index in [1.165, 1.54) is 0 Å². The highest BCUT2D eigenvalue weighted by molar-refractivity contribution is 5.82. The number of rotatable bonds is 7. The Morgan fingerprint density at radius 3 is 2.75 bits per heavy atom. The first-order valence-electron chi connectivity index (χ1n) is 7.21. The molecule has 1 fully saturated rings. The Labute approximate surface area is 120 Å². The number of aryl methyl sites for hydroxylation is 1. The molecule has 0 aromatic heterocycles. The van der Waals surface area contributed by atoms with Crippen LogP contribution in [0.15, 0.2) is 24.3 Å². The second-order valence-corrected chi connectivity index (χ2v) is 5.12. The number of ketones is 1. The van der Waals surface area contributed by atoms with Crippen LogP contribution in [0.25, 0.3) is 0 Å². The minimum Gasteiger partial charge on any atom is -0.497 e. The number of Topliss-reactive ketones (excluding diaryl/α,β-unsaturated/α-hetero) is 1. The molecule has 2 atom stereocenters. The molecule has 1 saturated heterocycles. The second kappa shape index (κ2) is 7.41. The molecule has 2 unspecified atom stereocenters. The first-order chi connectivity index (χ1) is 9.74. The molecule has 0 radical (unpaired) electrons. The van der Waals surface area contributed by atoms with Crippen molar-refractivity contribution in [2.24, 2.45) is 5.92 Å². The number of hydrogen-bond donors (Lipinski definition) is 1. The fourth-order valence-corrected chi connectivity index (χ4v) is 2.58. The lowest BCUT2D eigenvalue weighted by Crippen LogP contribution is -2.39. The number of methoxy groups -OCH3 is 1. The minimum absolute atomic E-state index is 0.00759. The Morgan fingerprint density at radius 1 is 1.35 bits per heavy atom. The molecule has 0 aliphatic carbocycles. The largest absolute Gasteiger partial charge is 0.497 e. The number of nitrogens with one attached hydrogen (secondary N) is 1. The van der Waals surface area contributed by atoms with Gasteiger partial charge in [0.2, 0.25) is 0 Å². The van der Waals surface area contributed by atoms with Crippen LogP contribution in [-0.4, -0.2) is 38.7 Å². The van der Waals surface area contributed by atoms with Gasteiger partial charge in [0.05, 0.1) is 26.2 Å². The van der Waals surface area contributed by atoms with Crippen LogP contribution in [0.5, 0.6) is 5.75 Å². The maximum absolute atomic E-state index is 12.3. The molecule has 110 valence electrons. The molecular weight excluding hydrogens is 254 g/mol. The van der Waals surface area contributed by atoms with Gasteiger partial charge in [-0.25, -0.2) is 0 Å². The number of hydrogen-bond acceptors (Lipinski definition) is 4. The van der Waals surface area contributed by atoms with E-state index in [1.54, 1.807) is 7.11 Å². The fraction of sp³-hybridized carbons (Fsp3) is 0.562. The number of likely N-dealkylation sites (N-methyl/N-ethyl adjacent to an activating group) is 1. The van der Waals surface area contributed by atoms with Crippen LogP contribution >= 0.6 is 0 Å². The van der Waals surface area contributed by atoms with Gasteiger partial charge in [-0.15, -0.1) is 0 Å². The van der Waals surface area contributed by atoms with E-state index in [9.17, 15) is 4.79 Å². The summed E-state index contributed by atoms with van der Waals surface area (Å²) in [6.07, 6.45) is 1.35. The van der Waals surface area contributed by atoms with E-state index in [1.807, 2.05) is 24.3 Å². The van der Waals surface area contributed by atoms with Gasteiger partial charge in [0.25, 0.3) is 0 Å². The Morgan fingerprint density at radius 2 is 2.10 bits per heavy atom. The molecular formula is C16H23NO3. The van der Waals surface area contributed by atoms with Crippen molar-refractivity contribution in [1.82, 2.24) is 5.32 Å². The number of ether oxygens (including phenoxy) is 2. The van der Waals surface area contributed by atoms with E-state index in [2.05, 4.69) is 12.2 Å². The third-order valence-corrected chi connectivity index (χ3v) is 3.78. The molecule has 1 aliphatic rings. The van der Waals surface area contributed by atoms with Crippen LogP contribution in [0, 0.1) is 5.92 Å². The maximum atomic E-state index is 12.3. The van der Waals surface area contributed by atoms with Crippen molar-refractivity contribution < 1.29 is 14.3 Å². The molecule has 1 aliphatic heterocycles. The molecule has 20 heavy (non-hydrogen) atoms. The molecule has 1 heterocycles. The maximum Gasteiger partial charge on any atom is 0.140 e. The van der Waals surface area contributed by atoms with Gasteiger partial charge in [0.15, 0.2) is 0 Å². The predicted octanol–water partition coefficient (Wildman–Crippen LogP) is 1.82. The van der Waals surface area contributed by atoms with E-state index in [-0.39, 0.29) is 12.0 Å². The van der Waals surface area contributed by atoms with Crippen LogP contribution in [0.4, 0.5) is 0 Å². The zero-order valence-corrected chi connectivity index (χ0v) is 12.2. The summed E-state index contributed by atoms with van der Waals surface area (Å²) in [5.74, 6) is 1.15. The Kier molecular flexibility index (Phi) is 5.56. The summed E-state index contributed by atoms with van der Waals surface area (Å²) in [4.78, 5) is 12.3. The van der Waals surface area contributed by atoms with E-state index < -0.39 is 0 Å². The summed E-state index contributed by atoms with van der Waals surface area (Å²) in [5.41, 5.74) is 1.16. The van der Waals surface area contributed by atoms with Gasteiger partial charge in [-0.3, -0.25) is 4.79 Å². The first-order valence-corrected chi connectivity index (χ1v) is 7.21. The summed E-state index contributed by atoms with van der Waals surface area (Å²) in [5, 5.41) is 3.33. The van der Waals surface area contributed by atoms with Crippen molar-refractivity contribution in [3.05, 3.63) is 29.8 Å². The summed E-state index contributed by atoms with van der Waals surface area (Å²) in [7, 11) is 1.65. The Bertz CT molecular complexity index is 430. The molecule has 1 aromatic carbocycles. The average molecular weight is 277 g/mol. The predicted molar refractivity (Wildman–Crippen MR) is 78.1 cm³/mol. The van der Waals surface area contributed by atoms with Crippen molar-refractivity contribution in [1.29, 1.82) is 0 Å². The lowest BCUT2D eigenvalue weighted by atomic mass is 9.94. The molecule has 4 nitrogen and oxygen atoms in total. The van der Waals surface area contributed by atoms with Gasteiger partial charge in [-0.05, 0) is 30.7 Å². The van der Waals surface area contributed by atoms with Crippen molar-refractivity contribution in [3.63, 3.8) is 0 Å². The van der Waals surface area contributed by atoms with Crippen LogP contribution in [-0.2, 0) is 16.0 Å². The normalized spacial score (nSPS) is 21.9. The summed E-state index contributed by atoms with van der Waals surface area (Å²) < 4.78 is 10.6. The Hall–Kier alpha value is -1.39. The lowest BCUT2D eigenvalue weighted by molar-refractivity contribution is -0.123. The van der Waals surface area contributed by atoms with Gasteiger partial charge >= 0.3 is 0 Å². The molecule has 1 N–H and O–H groups in total. The van der Waals surface area contributed by atoms with Gasteiger partial charge in [0, 0.05) is 12.5 Å². The summed E-state index contributed by atoms with van der Waals surface area (Å²) >= 11 is 0. The molecule has 2 rings (SSSR count). The van der Waals surface area contributed by atoms with E-state index >= 15 is 0 Å². The SMILES string of the molecule is CCNC1COCC1C(=O)CCc1ccc(OC)cc1. The van der Waals surface area contributed by atoms with Gasteiger partial charge in [-0.2, -0.15) is 0 Å². The fourth-order valence-electron chi connectivity index (χ4n) is 2.58. The van der Waals surface area contributed by atoms with Gasteiger partial charge in [-0.1, -0.05) is 19.1 Å². The minimum atomic E-state index is 0.00759. The monoisotopic (exact) mass is 277 g/mol.